The molecule has 2 aliphatic heterocycles. The van der Waals surface area contributed by atoms with Crippen molar-refractivity contribution in [3.05, 3.63) is 71.0 Å². The molecule has 1 amide bonds. The zero-order valence-corrected chi connectivity index (χ0v) is 16.4. The molecule has 1 unspecified atom stereocenters. The van der Waals surface area contributed by atoms with E-state index in [9.17, 15) is 9.18 Å². The second-order valence-corrected chi connectivity index (χ2v) is 8.21. The van der Waals surface area contributed by atoms with Crippen LogP contribution >= 0.6 is 0 Å². The van der Waals surface area contributed by atoms with Crippen molar-refractivity contribution in [1.82, 2.24) is 4.90 Å². The van der Waals surface area contributed by atoms with Gasteiger partial charge in [-0.25, -0.2) is 4.39 Å². The Kier molecular flexibility index (Phi) is 5.64. The van der Waals surface area contributed by atoms with E-state index in [0.717, 1.165) is 44.3 Å². The van der Waals surface area contributed by atoms with E-state index >= 15 is 0 Å². The highest BCUT2D eigenvalue weighted by atomic mass is 19.1. The van der Waals surface area contributed by atoms with E-state index in [-0.39, 0.29) is 17.3 Å². The minimum atomic E-state index is -0.184. The van der Waals surface area contributed by atoms with Crippen molar-refractivity contribution >= 4 is 5.91 Å². The van der Waals surface area contributed by atoms with E-state index in [1.165, 1.54) is 6.07 Å². The molecule has 0 aliphatic carbocycles. The fourth-order valence-electron chi connectivity index (χ4n) is 4.67. The summed E-state index contributed by atoms with van der Waals surface area (Å²) in [7, 11) is 0. The summed E-state index contributed by atoms with van der Waals surface area (Å²) >= 11 is 0. The number of piperidine rings is 1. The third-order valence-corrected chi connectivity index (χ3v) is 6.21. The number of likely N-dealkylation sites (tertiary alicyclic amines) is 1. The van der Waals surface area contributed by atoms with Crippen molar-refractivity contribution in [2.24, 2.45) is 5.92 Å². The van der Waals surface area contributed by atoms with E-state index in [2.05, 4.69) is 6.07 Å². The Morgan fingerprint density at radius 3 is 2.76 bits per heavy atom. The van der Waals surface area contributed by atoms with Crippen LogP contribution in [0, 0.1) is 23.1 Å². The van der Waals surface area contributed by atoms with E-state index in [1.54, 1.807) is 36.4 Å². The molecule has 0 N–H and O–H groups in total. The van der Waals surface area contributed by atoms with Gasteiger partial charge in [0.15, 0.2) is 0 Å². The Morgan fingerprint density at radius 1 is 1.21 bits per heavy atom. The van der Waals surface area contributed by atoms with Gasteiger partial charge in [0.05, 0.1) is 17.2 Å². The minimum Gasteiger partial charge on any atom is -0.375 e. The van der Waals surface area contributed by atoms with Gasteiger partial charge >= 0.3 is 0 Å². The van der Waals surface area contributed by atoms with Gasteiger partial charge in [0, 0.05) is 25.3 Å². The van der Waals surface area contributed by atoms with Gasteiger partial charge in [-0.15, -0.1) is 0 Å². The zero-order chi connectivity index (χ0) is 20.3. The molecule has 2 fully saturated rings. The van der Waals surface area contributed by atoms with Crippen LogP contribution in [-0.4, -0.2) is 36.1 Å². The first kappa shape index (κ1) is 19.6. The second kappa shape index (κ2) is 8.34. The van der Waals surface area contributed by atoms with Crippen LogP contribution in [0.5, 0.6) is 0 Å². The fourth-order valence-corrected chi connectivity index (χ4v) is 4.67. The lowest BCUT2D eigenvalue weighted by molar-refractivity contribution is -0.123. The molecule has 4 nitrogen and oxygen atoms in total. The lowest BCUT2D eigenvalue weighted by Gasteiger charge is -2.46. The first-order chi connectivity index (χ1) is 14.1. The Morgan fingerprint density at radius 2 is 2.00 bits per heavy atom. The molecule has 4 rings (SSSR count). The molecule has 2 saturated heterocycles. The number of carbonyl (C=O) groups is 1. The van der Waals surface area contributed by atoms with Gasteiger partial charge in [0.2, 0.25) is 0 Å². The van der Waals surface area contributed by atoms with Crippen molar-refractivity contribution < 1.29 is 13.9 Å². The highest BCUT2D eigenvalue weighted by Gasteiger charge is 2.41. The smallest absolute Gasteiger partial charge is 0.253 e. The number of ether oxygens (including phenoxy) is 1. The van der Waals surface area contributed by atoms with Crippen LogP contribution in [0.4, 0.5) is 4.39 Å². The predicted octanol–water partition coefficient (Wildman–Crippen LogP) is 4.34. The average Bonchev–Trinajstić information content (AvgIpc) is 2.74. The van der Waals surface area contributed by atoms with Gasteiger partial charge in [-0.2, -0.15) is 5.26 Å². The van der Waals surface area contributed by atoms with Gasteiger partial charge in [0.25, 0.3) is 5.91 Å². The molecule has 1 atom stereocenters. The number of nitriles is 1. The Bertz CT molecular complexity index is 928. The third kappa shape index (κ3) is 4.49. The number of benzene rings is 2. The molecular formula is C24H25FN2O2. The molecule has 0 saturated carbocycles. The van der Waals surface area contributed by atoms with Crippen molar-refractivity contribution in [1.29, 1.82) is 5.26 Å². The fraction of sp³-hybridized carbons (Fsp3) is 0.417. The van der Waals surface area contributed by atoms with Crippen molar-refractivity contribution in [2.75, 3.05) is 19.7 Å². The molecule has 5 heteroatoms. The summed E-state index contributed by atoms with van der Waals surface area (Å²) < 4.78 is 19.7. The molecular weight excluding hydrogens is 367 g/mol. The van der Waals surface area contributed by atoms with Gasteiger partial charge in [-0.3, -0.25) is 4.79 Å². The summed E-state index contributed by atoms with van der Waals surface area (Å²) in [4.78, 5) is 14.7. The normalized spacial score (nSPS) is 21.0. The van der Waals surface area contributed by atoms with Gasteiger partial charge in [-0.1, -0.05) is 18.2 Å². The van der Waals surface area contributed by atoms with Crippen LogP contribution in [0.1, 0.15) is 47.2 Å². The average molecular weight is 392 g/mol. The highest BCUT2D eigenvalue weighted by molar-refractivity contribution is 5.94. The number of hydrogen-bond donors (Lipinski definition) is 0. The van der Waals surface area contributed by atoms with Crippen molar-refractivity contribution in [2.45, 2.75) is 37.7 Å². The van der Waals surface area contributed by atoms with Gasteiger partial charge in [0.1, 0.15) is 5.82 Å². The summed E-state index contributed by atoms with van der Waals surface area (Å²) in [6.07, 6.45) is 4.44. The number of nitrogens with zero attached hydrogens (tertiary/aromatic N) is 2. The molecule has 150 valence electrons. The van der Waals surface area contributed by atoms with E-state index < -0.39 is 0 Å². The standard InChI is InChI=1S/C24H25FN2O2/c25-22-6-2-3-18(15-22)13-19-7-12-29-24(16-19)8-10-27(11-9-24)23(28)21-5-1-4-20(14-21)17-26/h1-6,14-15,19H,7-13,16H2. The lowest BCUT2D eigenvalue weighted by Crippen LogP contribution is -2.51. The summed E-state index contributed by atoms with van der Waals surface area (Å²) in [6.45, 7) is 2.03. The topological polar surface area (TPSA) is 53.3 Å². The molecule has 2 aromatic carbocycles. The molecule has 0 aromatic heterocycles. The summed E-state index contributed by atoms with van der Waals surface area (Å²) in [5, 5.41) is 9.05. The Labute approximate surface area is 170 Å². The molecule has 2 aromatic rings. The van der Waals surface area contributed by atoms with E-state index in [1.807, 2.05) is 11.0 Å². The first-order valence-corrected chi connectivity index (χ1v) is 10.2. The summed E-state index contributed by atoms with van der Waals surface area (Å²) in [5.41, 5.74) is 1.92. The molecule has 2 heterocycles. The highest BCUT2D eigenvalue weighted by Crippen LogP contribution is 2.39. The third-order valence-electron chi connectivity index (χ3n) is 6.21. The second-order valence-electron chi connectivity index (χ2n) is 8.21. The van der Waals surface area contributed by atoms with Crippen LogP contribution in [0.2, 0.25) is 0 Å². The summed E-state index contributed by atoms with van der Waals surface area (Å²) in [6, 6.07) is 15.8. The number of hydrogen-bond acceptors (Lipinski definition) is 3. The maximum atomic E-state index is 13.5. The number of carbonyl (C=O) groups excluding carboxylic acids is 1. The van der Waals surface area contributed by atoms with Crippen LogP contribution in [0.3, 0.4) is 0 Å². The maximum Gasteiger partial charge on any atom is 0.253 e. The minimum absolute atomic E-state index is 0.0240. The number of amides is 1. The van der Waals surface area contributed by atoms with Gasteiger partial charge < -0.3 is 9.64 Å². The molecule has 0 bridgehead atoms. The monoisotopic (exact) mass is 392 g/mol. The molecule has 0 radical (unpaired) electrons. The number of halogens is 1. The zero-order valence-electron chi connectivity index (χ0n) is 16.4. The predicted molar refractivity (Wildman–Crippen MR) is 108 cm³/mol. The largest absolute Gasteiger partial charge is 0.375 e. The van der Waals surface area contributed by atoms with E-state index in [4.69, 9.17) is 10.00 Å². The van der Waals surface area contributed by atoms with E-state index in [0.29, 0.717) is 30.1 Å². The quantitative estimate of drug-likeness (QED) is 0.781. The van der Waals surface area contributed by atoms with Gasteiger partial charge in [-0.05, 0) is 73.9 Å². The number of rotatable bonds is 3. The summed E-state index contributed by atoms with van der Waals surface area (Å²) in [5.74, 6) is 0.265. The van der Waals surface area contributed by atoms with Crippen LogP contribution < -0.4 is 0 Å². The van der Waals surface area contributed by atoms with Crippen molar-refractivity contribution in [3.8, 4) is 6.07 Å². The van der Waals surface area contributed by atoms with Crippen LogP contribution in [-0.2, 0) is 11.2 Å². The maximum absolute atomic E-state index is 13.5. The molecule has 29 heavy (non-hydrogen) atoms. The Hall–Kier alpha value is -2.71. The Balaban J connectivity index is 1.37. The van der Waals surface area contributed by atoms with Crippen molar-refractivity contribution in [3.63, 3.8) is 0 Å². The molecule has 1 spiro atoms. The SMILES string of the molecule is N#Cc1cccc(C(=O)N2CCC3(CC2)CC(Cc2cccc(F)c2)CCO3)c1. The first-order valence-electron chi connectivity index (χ1n) is 10.2. The van der Waals surface area contributed by atoms with Crippen LogP contribution in [0.25, 0.3) is 0 Å². The lowest BCUT2D eigenvalue weighted by atomic mass is 9.77. The molecule has 2 aliphatic rings. The van der Waals surface area contributed by atoms with Crippen LogP contribution in [0.15, 0.2) is 48.5 Å².